The van der Waals surface area contributed by atoms with E-state index in [1.54, 1.807) is 0 Å². The second-order valence-corrected chi connectivity index (χ2v) is 3.01. The molecule has 0 fully saturated rings. The number of H-pyrrole nitrogens is 1. The second-order valence-electron chi connectivity index (χ2n) is 3.01. The van der Waals surface area contributed by atoms with Crippen LogP contribution in [0.1, 0.15) is 18.5 Å². The van der Waals surface area contributed by atoms with Crippen molar-refractivity contribution in [2.75, 3.05) is 0 Å². The van der Waals surface area contributed by atoms with E-state index in [1.807, 2.05) is 31.2 Å². The van der Waals surface area contributed by atoms with Gasteiger partial charge in [-0.25, -0.2) is 0 Å². The number of para-hydroxylation sites is 1. The molecule has 0 aliphatic carbocycles. The Hall–Kier alpha value is -1.82. The molecule has 1 N–H and O–H groups in total. The van der Waals surface area contributed by atoms with Crippen LogP contribution in [0.2, 0.25) is 0 Å². The van der Waals surface area contributed by atoms with Crippen molar-refractivity contribution in [3.05, 3.63) is 30.0 Å². The summed E-state index contributed by atoms with van der Waals surface area (Å²) in [5, 5.41) is 16.8. The summed E-state index contributed by atoms with van der Waals surface area (Å²) < 4.78 is 0. The minimum Gasteiger partial charge on any atom is -0.280 e. The summed E-state index contributed by atoms with van der Waals surface area (Å²) in [6.07, 6.45) is 0. The van der Waals surface area contributed by atoms with Crippen molar-refractivity contribution in [3.8, 4) is 6.07 Å². The summed E-state index contributed by atoms with van der Waals surface area (Å²) in [5.74, 6) is -0.132. The summed E-state index contributed by atoms with van der Waals surface area (Å²) in [4.78, 5) is 0. The van der Waals surface area contributed by atoms with E-state index in [4.69, 9.17) is 5.26 Å². The Morgan fingerprint density at radius 3 is 3.00 bits per heavy atom. The van der Waals surface area contributed by atoms with Crippen molar-refractivity contribution in [2.45, 2.75) is 12.8 Å². The summed E-state index contributed by atoms with van der Waals surface area (Å²) in [6, 6.07) is 9.98. The molecular weight excluding hydrogens is 162 g/mol. The molecule has 1 heterocycles. The SMILES string of the molecule is CC(C#N)c1[nH]nc2ccccc12. The Kier molecular flexibility index (Phi) is 1.75. The van der Waals surface area contributed by atoms with Gasteiger partial charge in [0.15, 0.2) is 0 Å². The highest BCUT2D eigenvalue weighted by molar-refractivity contribution is 5.81. The Morgan fingerprint density at radius 2 is 2.23 bits per heavy atom. The third-order valence-corrected chi connectivity index (χ3v) is 2.12. The van der Waals surface area contributed by atoms with Crippen LogP contribution >= 0.6 is 0 Å². The predicted octanol–water partition coefficient (Wildman–Crippen LogP) is 2.19. The maximum absolute atomic E-state index is 8.77. The van der Waals surface area contributed by atoms with E-state index in [0.717, 1.165) is 16.6 Å². The minimum atomic E-state index is -0.132. The van der Waals surface area contributed by atoms with Crippen LogP contribution in [0, 0.1) is 11.3 Å². The third kappa shape index (κ3) is 1.17. The van der Waals surface area contributed by atoms with Crippen molar-refractivity contribution >= 4 is 10.9 Å². The van der Waals surface area contributed by atoms with Gasteiger partial charge in [-0.2, -0.15) is 10.4 Å². The summed E-state index contributed by atoms with van der Waals surface area (Å²) in [6.45, 7) is 1.86. The third-order valence-electron chi connectivity index (χ3n) is 2.12. The molecule has 2 rings (SSSR count). The van der Waals surface area contributed by atoms with E-state index in [0.29, 0.717) is 0 Å². The number of aromatic nitrogens is 2. The maximum atomic E-state index is 8.77. The normalized spacial score (nSPS) is 12.6. The van der Waals surface area contributed by atoms with Crippen LogP contribution < -0.4 is 0 Å². The van der Waals surface area contributed by atoms with Crippen LogP contribution in [-0.2, 0) is 0 Å². The smallest absolute Gasteiger partial charge is 0.0924 e. The van der Waals surface area contributed by atoms with E-state index in [9.17, 15) is 0 Å². The zero-order valence-corrected chi connectivity index (χ0v) is 7.28. The quantitative estimate of drug-likeness (QED) is 0.715. The van der Waals surface area contributed by atoms with Crippen LogP contribution in [0.5, 0.6) is 0 Å². The van der Waals surface area contributed by atoms with Gasteiger partial charge in [-0.15, -0.1) is 0 Å². The number of nitrogens with one attached hydrogen (secondary N) is 1. The maximum Gasteiger partial charge on any atom is 0.0924 e. The average Bonchev–Trinajstić information content (AvgIpc) is 2.60. The molecule has 0 spiro atoms. The van der Waals surface area contributed by atoms with E-state index >= 15 is 0 Å². The first kappa shape index (κ1) is 7.81. The van der Waals surface area contributed by atoms with Gasteiger partial charge < -0.3 is 0 Å². The molecule has 2 aromatic rings. The molecule has 1 aromatic heterocycles. The first-order valence-electron chi connectivity index (χ1n) is 4.15. The van der Waals surface area contributed by atoms with Gasteiger partial charge >= 0.3 is 0 Å². The highest BCUT2D eigenvalue weighted by atomic mass is 15.1. The number of hydrogen-bond acceptors (Lipinski definition) is 2. The lowest BCUT2D eigenvalue weighted by atomic mass is 10.1. The number of hydrogen-bond donors (Lipinski definition) is 1. The van der Waals surface area contributed by atoms with Gasteiger partial charge in [-0.3, -0.25) is 5.10 Å². The van der Waals surface area contributed by atoms with Gasteiger partial charge in [0.25, 0.3) is 0 Å². The molecule has 0 saturated heterocycles. The topological polar surface area (TPSA) is 52.5 Å². The number of aromatic amines is 1. The van der Waals surface area contributed by atoms with Crippen molar-refractivity contribution < 1.29 is 0 Å². The van der Waals surface area contributed by atoms with Crippen molar-refractivity contribution in [1.29, 1.82) is 5.26 Å². The Balaban J connectivity index is 2.66. The summed E-state index contributed by atoms with van der Waals surface area (Å²) in [5.41, 5.74) is 1.82. The Morgan fingerprint density at radius 1 is 1.46 bits per heavy atom. The predicted molar refractivity (Wildman–Crippen MR) is 50.1 cm³/mol. The average molecular weight is 171 g/mol. The lowest BCUT2D eigenvalue weighted by molar-refractivity contribution is 0.903. The fraction of sp³-hybridized carbons (Fsp3) is 0.200. The summed E-state index contributed by atoms with van der Waals surface area (Å²) >= 11 is 0. The van der Waals surface area contributed by atoms with Crippen LogP contribution in [-0.4, -0.2) is 10.2 Å². The number of nitrogens with zero attached hydrogens (tertiary/aromatic N) is 2. The Bertz CT molecular complexity index is 464. The first-order chi connectivity index (χ1) is 6.33. The van der Waals surface area contributed by atoms with Crippen molar-refractivity contribution in [3.63, 3.8) is 0 Å². The molecule has 0 amide bonds. The summed E-state index contributed by atoms with van der Waals surface area (Å²) in [7, 11) is 0. The molecule has 0 bridgehead atoms. The van der Waals surface area contributed by atoms with Crippen molar-refractivity contribution in [2.24, 2.45) is 0 Å². The Labute approximate surface area is 76.0 Å². The van der Waals surface area contributed by atoms with E-state index in [2.05, 4.69) is 16.3 Å². The molecule has 1 unspecified atom stereocenters. The van der Waals surface area contributed by atoms with E-state index < -0.39 is 0 Å². The molecule has 0 saturated carbocycles. The zero-order chi connectivity index (χ0) is 9.26. The molecule has 1 atom stereocenters. The largest absolute Gasteiger partial charge is 0.280 e. The molecule has 3 nitrogen and oxygen atoms in total. The molecule has 0 aliphatic heterocycles. The van der Waals surface area contributed by atoms with Gasteiger partial charge in [0.1, 0.15) is 0 Å². The van der Waals surface area contributed by atoms with Gasteiger partial charge in [-0.05, 0) is 13.0 Å². The highest BCUT2D eigenvalue weighted by Gasteiger charge is 2.10. The van der Waals surface area contributed by atoms with Crippen LogP contribution in [0.4, 0.5) is 0 Å². The van der Waals surface area contributed by atoms with Gasteiger partial charge in [0.05, 0.1) is 23.2 Å². The molecular formula is C10H9N3. The number of nitriles is 1. The van der Waals surface area contributed by atoms with Gasteiger partial charge in [0.2, 0.25) is 0 Å². The number of rotatable bonds is 1. The molecule has 0 aliphatic rings. The monoisotopic (exact) mass is 171 g/mol. The molecule has 0 radical (unpaired) electrons. The van der Waals surface area contributed by atoms with Crippen LogP contribution in [0.3, 0.4) is 0 Å². The van der Waals surface area contributed by atoms with Crippen molar-refractivity contribution in [1.82, 2.24) is 10.2 Å². The number of benzene rings is 1. The van der Waals surface area contributed by atoms with Crippen LogP contribution in [0.15, 0.2) is 24.3 Å². The minimum absolute atomic E-state index is 0.132. The fourth-order valence-electron chi connectivity index (χ4n) is 1.37. The lowest BCUT2D eigenvalue weighted by Gasteiger charge is -1.97. The molecule has 1 aromatic carbocycles. The van der Waals surface area contributed by atoms with E-state index in [1.165, 1.54) is 0 Å². The molecule has 3 heteroatoms. The fourth-order valence-corrected chi connectivity index (χ4v) is 1.37. The van der Waals surface area contributed by atoms with Gasteiger partial charge in [-0.1, -0.05) is 18.2 Å². The lowest BCUT2D eigenvalue weighted by Crippen LogP contribution is -1.89. The zero-order valence-electron chi connectivity index (χ0n) is 7.28. The molecule has 13 heavy (non-hydrogen) atoms. The van der Waals surface area contributed by atoms with Crippen LogP contribution in [0.25, 0.3) is 10.9 Å². The standard InChI is InChI=1S/C10H9N3/c1-7(6-11)10-8-4-2-3-5-9(8)12-13-10/h2-5,7H,1H3,(H,12,13). The highest BCUT2D eigenvalue weighted by Crippen LogP contribution is 2.21. The van der Waals surface area contributed by atoms with Gasteiger partial charge in [0, 0.05) is 5.39 Å². The second kappa shape index (κ2) is 2.91. The first-order valence-corrected chi connectivity index (χ1v) is 4.15. The van der Waals surface area contributed by atoms with E-state index in [-0.39, 0.29) is 5.92 Å². The molecule has 64 valence electrons. The number of fused-ring (bicyclic) bond motifs is 1.